The van der Waals surface area contributed by atoms with Crippen LogP contribution in [0, 0.1) is 5.41 Å². The number of nitrogens with one attached hydrogen (secondary N) is 2. The zero-order valence-corrected chi connectivity index (χ0v) is 19.0. The standard InChI is InChI=1S/C22H26ClF3N6/c1-21(2,3)11-18-28-12-17-19(31-18)32(14-6-8-27-9-7-14)20(30-17)29-13-4-5-16(23)15(10-13)22(24,25)26/h4-5,10,12,14,27H,6-9,11H2,1-3H3,(H,29,30). The van der Waals surface area contributed by atoms with Crippen LogP contribution in [0.25, 0.3) is 11.2 Å². The van der Waals surface area contributed by atoms with E-state index in [4.69, 9.17) is 16.6 Å². The molecule has 1 aliphatic heterocycles. The van der Waals surface area contributed by atoms with Crippen LogP contribution in [-0.2, 0) is 12.6 Å². The number of fused-ring (bicyclic) bond motifs is 1. The van der Waals surface area contributed by atoms with Gasteiger partial charge in [0.2, 0.25) is 5.95 Å². The van der Waals surface area contributed by atoms with E-state index >= 15 is 0 Å². The van der Waals surface area contributed by atoms with Crippen molar-refractivity contribution in [1.82, 2.24) is 24.8 Å². The van der Waals surface area contributed by atoms with E-state index in [1.165, 1.54) is 12.1 Å². The van der Waals surface area contributed by atoms with Gasteiger partial charge in [-0.3, -0.25) is 4.57 Å². The minimum atomic E-state index is -4.54. The molecular formula is C22H26ClF3N6. The summed E-state index contributed by atoms with van der Waals surface area (Å²) in [7, 11) is 0. The van der Waals surface area contributed by atoms with E-state index in [1.54, 1.807) is 6.20 Å². The number of anilines is 2. The van der Waals surface area contributed by atoms with E-state index in [-0.39, 0.29) is 22.2 Å². The zero-order valence-electron chi connectivity index (χ0n) is 18.2. The van der Waals surface area contributed by atoms with Crippen LogP contribution in [-0.4, -0.2) is 32.6 Å². The molecule has 0 radical (unpaired) electrons. The van der Waals surface area contributed by atoms with Gasteiger partial charge >= 0.3 is 6.18 Å². The van der Waals surface area contributed by atoms with Gasteiger partial charge in [0.25, 0.3) is 0 Å². The minimum Gasteiger partial charge on any atom is -0.326 e. The molecule has 3 aromatic rings. The second-order valence-corrected chi connectivity index (χ2v) is 9.74. The predicted molar refractivity (Wildman–Crippen MR) is 119 cm³/mol. The van der Waals surface area contributed by atoms with Crippen LogP contribution >= 0.6 is 11.6 Å². The van der Waals surface area contributed by atoms with Gasteiger partial charge in [0, 0.05) is 18.2 Å². The summed E-state index contributed by atoms with van der Waals surface area (Å²) in [5, 5.41) is 6.07. The van der Waals surface area contributed by atoms with Crippen molar-refractivity contribution in [3.63, 3.8) is 0 Å². The first-order valence-electron chi connectivity index (χ1n) is 10.6. The summed E-state index contributed by atoms with van der Waals surface area (Å²) >= 11 is 5.78. The first kappa shape index (κ1) is 22.8. The van der Waals surface area contributed by atoms with Crippen molar-refractivity contribution in [2.24, 2.45) is 5.41 Å². The molecule has 1 fully saturated rings. The van der Waals surface area contributed by atoms with Crippen LogP contribution in [0.4, 0.5) is 24.8 Å². The first-order valence-corrected chi connectivity index (χ1v) is 11.0. The van der Waals surface area contributed by atoms with Gasteiger partial charge in [0.1, 0.15) is 11.3 Å². The summed E-state index contributed by atoms with van der Waals surface area (Å²) in [5.74, 6) is 1.17. The number of rotatable bonds is 4. The van der Waals surface area contributed by atoms with Crippen LogP contribution in [0.3, 0.4) is 0 Å². The van der Waals surface area contributed by atoms with E-state index in [0.29, 0.717) is 23.5 Å². The Kier molecular flexibility index (Phi) is 6.06. The van der Waals surface area contributed by atoms with Crippen LogP contribution in [0.15, 0.2) is 24.4 Å². The van der Waals surface area contributed by atoms with Crippen LogP contribution in [0.5, 0.6) is 0 Å². The molecule has 4 rings (SSSR count). The molecule has 2 aromatic heterocycles. The summed E-state index contributed by atoms with van der Waals surface area (Å²) < 4.78 is 42.0. The fraction of sp³-hybridized carbons (Fsp3) is 0.500. The Labute approximate surface area is 189 Å². The van der Waals surface area contributed by atoms with E-state index < -0.39 is 11.7 Å². The maximum Gasteiger partial charge on any atom is 0.417 e. The molecule has 1 aromatic carbocycles. The highest BCUT2D eigenvalue weighted by Crippen LogP contribution is 2.37. The third-order valence-corrected chi connectivity index (χ3v) is 5.70. The van der Waals surface area contributed by atoms with Gasteiger partial charge < -0.3 is 10.6 Å². The molecule has 1 aliphatic rings. The minimum absolute atomic E-state index is 0.0195. The summed E-state index contributed by atoms with van der Waals surface area (Å²) in [6, 6.07) is 3.88. The van der Waals surface area contributed by atoms with Crippen molar-refractivity contribution in [3.05, 3.63) is 40.8 Å². The van der Waals surface area contributed by atoms with Crippen molar-refractivity contribution in [1.29, 1.82) is 0 Å². The Hall–Kier alpha value is -2.39. The Morgan fingerprint density at radius 3 is 2.53 bits per heavy atom. The van der Waals surface area contributed by atoms with Crippen molar-refractivity contribution in [2.45, 2.75) is 52.3 Å². The quantitative estimate of drug-likeness (QED) is 0.512. The van der Waals surface area contributed by atoms with Gasteiger partial charge in [-0.25, -0.2) is 15.0 Å². The van der Waals surface area contributed by atoms with Gasteiger partial charge in [0.05, 0.1) is 16.8 Å². The van der Waals surface area contributed by atoms with Crippen molar-refractivity contribution in [3.8, 4) is 0 Å². The largest absolute Gasteiger partial charge is 0.417 e. The fourth-order valence-electron chi connectivity index (χ4n) is 3.93. The lowest BCUT2D eigenvalue weighted by Gasteiger charge is -2.26. The van der Waals surface area contributed by atoms with Crippen LogP contribution in [0.1, 0.15) is 51.0 Å². The number of hydrogen-bond acceptors (Lipinski definition) is 5. The monoisotopic (exact) mass is 466 g/mol. The van der Waals surface area contributed by atoms with Crippen molar-refractivity contribution >= 4 is 34.4 Å². The SMILES string of the molecule is CC(C)(C)Cc1ncc2nc(Nc3ccc(Cl)c(C(F)(F)F)c3)n(C3CCNCC3)c2n1. The number of alkyl halides is 3. The van der Waals surface area contributed by atoms with Gasteiger partial charge in [-0.2, -0.15) is 13.2 Å². The Balaban J connectivity index is 1.78. The Morgan fingerprint density at radius 2 is 1.88 bits per heavy atom. The smallest absolute Gasteiger partial charge is 0.326 e. The molecule has 2 N–H and O–H groups in total. The average Bonchev–Trinajstić information content (AvgIpc) is 3.05. The molecule has 172 valence electrons. The van der Waals surface area contributed by atoms with Gasteiger partial charge in [0.15, 0.2) is 5.65 Å². The molecular weight excluding hydrogens is 441 g/mol. The maximum atomic E-state index is 13.3. The molecule has 0 bridgehead atoms. The number of imidazole rings is 1. The number of piperidine rings is 1. The molecule has 0 amide bonds. The number of benzene rings is 1. The van der Waals surface area contributed by atoms with Crippen LogP contribution in [0.2, 0.25) is 5.02 Å². The molecule has 10 heteroatoms. The summed E-state index contributed by atoms with van der Waals surface area (Å²) in [4.78, 5) is 13.9. The van der Waals surface area contributed by atoms with E-state index in [9.17, 15) is 13.2 Å². The highest BCUT2D eigenvalue weighted by atomic mass is 35.5. The number of aromatic nitrogens is 4. The number of halogens is 4. The second-order valence-electron chi connectivity index (χ2n) is 9.34. The summed E-state index contributed by atoms with van der Waals surface area (Å²) in [5.41, 5.74) is 0.689. The lowest BCUT2D eigenvalue weighted by molar-refractivity contribution is -0.137. The van der Waals surface area contributed by atoms with Crippen molar-refractivity contribution < 1.29 is 13.2 Å². The topological polar surface area (TPSA) is 67.7 Å². The second kappa shape index (κ2) is 8.51. The van der Waals surface area contributed by atoms with E-state index in [1.807, 2.05) is 4.57 Å². The molecule has 3 heterocycles. The van der Waals surface area contributed by atoms with Crippen molar-refractivity contribution in [2.75, 3.05) is 18.4 Å². The average molecular weight is 467 g/mol. The third kappa shape index (κ3) is 4.99. The predicted octanol–water partition coefficient (Wildman–Crippen LogP) is 5.76. The van der Waals surface area contributed by atoms with E-state index in [2.05, 4.69) is 41.4 Å². The molecule has 6 nitrogen and oxygen atoms in total. The molecule has 0 aliphatic carbocycles. The summed E-state index contributed by atoms with van der Waals surface area (Å²) in [6.07, 6.45) is -0.415. The molecule has 0 atom stereocenters. The maximum absolute atomic E-state index is 13.3. The van der Waals surface area contributed by atoms with Gasteiger partial charge in [-0.15, -0.1) is 0 Å². The highest BCUT2D eigenvalue weighted by Gasteiger charge is 2.33. The lowest BCUT2D eigenvalue weighted by atomic mass is 9.92. The molecule has 0 saturated carbocycles. The molecule has 1 saturated heterocycles. The van der Waals surface area contributed by atoms with Gasteiger partial charge in [-0.1, -0.05) is 32.4 Å². The normalized spacial score (nSPS) is 16.0. The lowest BCUT2D eigenvalue weighted by Crippen LogP contribution is -2.30. The van der Waals surface area contributed by atoms with E-state index in [0.717, 1.165) is 37.8 Å². The zero-order chi connectivity index (χ0) is 23.1. The third-order valence-electron chi connectivity index (χ3n) is 5.37. The first-order chi connectivity index (χ1) is 15.0. The van der Waals surface area contributed by atoms with Crippen LogP contribution < -0.4 is 10.6 Å². The number of nitrogens with zero attached hydrogens (tertiary/aromatic N) is 4. The van der Waals surface area contributed by atoms with Gasteiger partial charge in [-0.05, 0) is 49.5 Å². The molecule has 32 heavy (non-hydrogen) atoms. The highest BCUT2D eigenvalue weighted by molar-refractivity contribution is 6.31. The fourth-order valence-corrected chi connectivity index (χ4v) is 4.16. The summed E-state index contributed by atoms with van der Waals surface area (Å²) in [6.45, 7) is 8.06. The molecule has 0 spiro atoms. The molecule has 0 unspecified atom stereocenters. The Morgan fingerprint density at radius 1 is 1.16 bits per heavy atom. The Bertz CT molecular complexity index is 1110. The number of hydrogen-bond donors (Lipinski definition) is 2.